The fourth-order valence-electron chi connectivity index (χ4n) is 6.95. The van der Waals surface area contributed by atoms with E-state index in [0.29, 0.717) is 6.61 Å². The van der Waals surface area contributed by atoms with Crippen molar-refractivity contribution >= 4 is 26.3 Å². The van der Waals surface area contributed by atoms with Crippen LogP contribution in [-0.4, -0.2) is 128 Å². The van der Waals surface area contributed by atoms with Crippen molar-refractivity contribution in [1.29, 1.82) is 0 Å². The zero-order valence-corrected chi connectivity index (χ0v) is 34.1. The Kier molecular flexibility index (Phi) is 17.7. The summed E-state index contributed by atoms with van der Waals surface area (Å²) in [5, 5.41) is 0. The second-order valence-electron chi connectivity index (χ2n) is 13.9. The van der Waals surface area contributed by atoms with Crippen LogP contribution in [0, 0.1) is 23.7 Å². The highest BCUT2D eigenvalue weighted by atomic mass is 32.5. The molecule has 18 atom stereocenters. The van der Waals surface area contributed by atoms with Gasteiger partial charge in [0.15, 0.2) is 0 Å². The van der Waals surface area contributed by atoms with E-state index < -0.39 is 39.0 Å². The van der Waals surface area contributed by atoms with Crippen LogP contribution in [0.15, 0.2) is 0 Å². The first kappa shape index (κ1) is 44.7. The first-order valence-electron chi connectivity index (χ1n) is 17.3. The molecule has 0 aromatic rings. The molecule has 4 saturated heterocycles. The van der Waals surface area contributed by atoms with Crippen LogP contribution >= 0.6 is 14.5 Å². The maximum atomic E-state index is 12.7. The molecule has 4 heterocycles. The minimum Gasteiger partial charge on any atom is -0.780 e. The molecule has 6 unspecified atom stereocenters. The van der Waals surface area contributed by atoms with Crippen molar-refractivity contribution in [1.82, 2.24) is 0 Å². The molecular weight excluding hydrogens is 718 g/mol. The summed E-state index contributed by atoms with van der Waals surface area (Å²) < 4.78 is 78.0. The molecule has 4 fully saturated rings. The standard InChI is InChI=1S/C16H31O8P.C16H31O7PS/c1-9-11(3)23-14(15(9)20-6)8-21-25(17,18)24-16-10(2)12(4)22-13(16)7-19-5;1-9-11(3)22-14(15(9)19-6)8-20-24(17,25)23-16-10(2)12(4)21-13(16)7-18-5/h9-16H,7-8H2,1-6H3,(H,17,18);9-16H,7-8H2,1-6H3,(H,17,25)/p-2/t9?,10?,11-,12-,13+,14+,15+,16+;9?,10?,11-,12-,13+,14+,15+,16+,24?/m00/s1. The molecule has 0 bridgehead atoms. The average Bonchev–Trinajstić information content (AvgIpc) is 3.68. The van der Waals surface area contributed by atoms with Gasteiger partial charge in [-0.05, 0) is 27.7 Å². The second kappa shape index (κ2) is 19.8. The molecule has 18 heteroatoms. The number of hydrogen-bond donors (Lipinski definition) is 0. The minimum atomic E-state index is -4.52. The summed E-state index contributed by atoms with van der Waals surface area (Å²) >= 11 is 5.10. The second-order valence-corrected chi connectivity index (χ2v) is 18.0. The topological polar surface area (TPSA) is 174 Å². The lowest BCUT2D eigenvalue weighted by Crippen LogP contribution is -2.35. The predicted molar refractivity (Wildman–Crippen MR) is 183 cm³/mol. The molecule has 4 rings (SSSR count). The molecule has 0 aromatic heterocycles. The third-order valence-electron chi connectivity index (χ3n) is 10.6. The lowest BCUT2D eigenvalue weighted by Gasteiger charge is -2.34. The van der Waals surface area contributed by atoms with Crippen molar-refractivity contribution in [2.75, 3.05) is 54.9 Å². The molecule has 0 aromatic carbocycles. The van der Waals surface area contributed by atoms with Crippen molar-refractivity contribution < 1.29 is 70.3 Å². The molecular formula is C32H60O15P2S-2. The highest BCUT2D eigenvalue weighted by molar-refractivity contribution is 8.06. The maximum absolute atomic E-state index is 12.7. The number of hydrogen-bond acceptors (Lipinski definition) is 16. The van der Waals surface area contributed by atoms with Gasteiger partial charge in [0.05, 0.1) is 75.3 Å². The Bertz CT molecular complexity index is 1040. The molecule has 0 spiro atoms. The van der Waals surface area contributed by atoms with Crippen molar-refractivity contribution in [3.8, 4) is 0 Å². The summed E-state index contributed by atoms with van der Waals surface area (Å²) in [5.74, 6) is 0.315. The number of methoxy groups -OCH3 is 4. The fourth-order valence-corrected chi connectivity index (χ4v) is 9.46. The van der Waals surface area contributed by atoms with Crippen LogP contribution in [0.4, 0.5) is 0 Å². The minimum absolute atomic E-state index is 0.0271. The van der Waals surface area contributed by atoms with Crippen LogP contribution in [0.1, 0.15) is 55.4 Å². The number of phosphoric acid groups is 1. The van der Waals surface area contributed by atoms with E-state index >= 15 is 0 Å². The van der Waals surface area contributed by atoms with Gasteiger partial charge in [0.25, 0.3) is 7.82 Å². The number of rotatable bonds is 16. The Labute approximate surface area is 303 Å². The van der Waals surface area contributed by atoms with Crippen LogP contribution in [0.25, 0.3) is 0 Å². The molecule has 50 heavy (non-hydrogen) atoms. The Balaban J connectivity index is 0.000000270. The van der Waals surface area contributed by atoms with E-state index in [0.717, 1.165) is 0 Å². The Morgan fingerprint density at radius 3 is 1.20 bits per heavy atom. The lowest BCUT2D eigenvalue weighted by atomic mass is 9.99. The third kappa shape index (κ3) is 11.7. The summed E-state index contributed by atoms with van der Waals surface area (Å²) in [7, 11) is 1.82. The zero-order chi connectivity index (χ0) is 37.6. The van der Waals surface area contributed by atoms with Gasteiger partial charge >= 0.3 is 0 Å². The van der Waals surface area contributed by atoms with Gasteiger partial charge in [-0.25, -0.2) is 0 Å². The predicted octanol–water partition coefficient (Wildman–Crippen LogP) is 2.85. The van der Waals surface area contributed by atoms with Gasteiger partial charge in [-0.15, -0.1) is 0 Å². The molecule has 0 N–H and O–H groups in total. The van der Waals surface area contributed by atoms with Crippen LogP contribution in [0.5, 0.6) is 0 Å². The first-order chi connectivity index (χ1) is 23.4. The Morgan fingerprint density at radius 2 is 0.840 bits per heavy atom. The van der Waals surface area contributed by atoms with Crippen molar-refractivity contribution in [2.24, 2.45) is 23.7 Å². The monoisotopic (exact) mass is 778 g/mol. The maximum Gasteiger partial charge on any atom is 0.268 e. The van der Waals surface area contributed by atoms with Gasteiger partial charge < -0.3 is 65.8 Å². The highest BCUT2D eigenvalue weighted by Crippen LogP contribution is 2.47. The smallest absolute Gasteiger partial charge is 0.268 e. The van der Waals surface area contributed by atoms with Crippen LogP contribution in [0.2, 0.25) is 0 Å². The molecule has 4 aliphatic rings. The molecule has 0 amide bonds. The van der Waals surface area contributed by atoms with E-state index in [-0.39, 0.29) is 92.3 Å². The lowest BCUT2D eigenvalue weighted by molar-refractivity contribution is -0.235. The van der Waals surface area contributed by atoms with Crippen LogP contribution in [0.3, 0.4) is 0 Å². The van der Waals surface area contributed by atoms with Gasteiger partial charge in [0.2, 0.25) is 0 Å². The summed E-state index contributed by atoms with van der Waals surface area (Å²) in [6.07, 6.45) is -3.09. The largest absolute Gasteiger partial charge is 0.780 e. The third-order valence-corrected chi connectivity index (χ3v) is 13.1. The van der Waals surface area contributed by atoms with Gasteiger partial charge in [-0.2, -0.15) is 0 Å². The van der Waals surface area contributed by atoms with Gasteiger partial charge in [-0.1, -0.05) is 39.5 Å². The number of ether oxygens (including phenoxy) is 8. The average molecular weight is 779 g/mol. The molecule has 15 nitrogen and oxygen atoms in total. The summed E-state index contributed by atoms with van der Waals surface area (Å²) in [6, 6.07) is 0. The van der Waals surface area contributed by atoms with Gasteiger partial charge in [0, 0.05) is 52.1 Å². The molecule has 4 aliphatic heterocycles. The van der Waals surface area contributed by atoms with Crippen molar-refractivity contribution in [3.63, 3.8) is 0 Å². The number of phosphoric ester groups is 1. The summed E-state index contributed by atoms with van der Waals surface area (Å²) in [6.45, 7) is 12.5. The Hall–Kier alpha value is 0.320. The molecule has 0 saturated carbocycles. The first-order valence-corrected chi connectivity index (χ1v) is 21.3. The van der Waals surface area contributed by atoms with Crippen molar-refractivity contribution in [3.05, 3.63) is 0 Å². The quantitative estimate of drug-likeness (QED) is 0.209. The summed E-state index contributed by atoms with van der Waals surface area (Å²) in [4.78, 5) is 25.0. The van der Waals surface area contributed by atoms with Gasteiger partial charge in [0.1, 0.15) is 31.1 Å². The molecule has 0 aliphatic carbocycles. The molecule has 296 valence electrons. The van der Waals surface area contributed by atoms with Gasteiger partial charge in [-0.3, -0.25) is 4.57 Å². The normalized spacial score (nSPS) is 44.1. The Morgan fingerprint density at radius 1 is 0.520 bits per heavy atom. The highest BCUT2D eigenvalue weighted by Gasteiger charge is 2.45. The van der Waals surface area contributed by atoms with E-state index in [9.17, 15) is 14.4 Å². The van der Waals surface area contributed by atoms with E-state index in [2.05, 4.69) is 6.92 Å². The van der Waals surface area contributed by atoms with Crippen molar-refractivity contribution in [2.45, 2.75) is 129 Å². The zero-order valence-electron chi connectivity index (χ0n) is 31.5. The van der Waals surface area contributed by atoms with E-state index in [4.69, 9.17) is 67.8 Å². The SMILES string of the molecule is COC[C@H]1O[C@@H](C)C(C)[C@H]1OP(=O)([O-])OC[C@H]1O[C@@H](C)C(C)[C@H]1OC.COC[C@H]1O[C@@H](C)C(C)[C@H]1OP([O-])(=S)OC[C@H]1O[C@@H](C)C(C)[C@H]1OC. The van der Waals surface area contributed by atoms with E-state index in [1.807, 2.05) is 48.5 Å². The molecule has 0 radical (unpaired) electrons. The van der Waals surface area contributed by atoms with E-state index in [1.54, 1.807) is 21.3 Å². The fraction of sp³-hybridized carbons (Fsp3) is 1.00. The van der Waals surface area contributed by atoms with Crippen LogP contribution in [-0.2, 0) is 72.4 Å². The van der Waals surface area contributed by atoms with E-state index in [1.165, 1.54) is 7.11 Å². The van der Waals surface area contributed by atoms with Crippen LogP contribution < -0.4 is 9.79 Å². The summed E-state index contributed by atoms with van der Waals surface area (Å²) in [5.41, 5.74) is 0.